The second kappa shape index (κ2) is 7.36. The zero-order valence-corrected chi connectivity index (χ0v) is 15.8. The molecule has 25 heavy (non-hydrogen) atoms. The van der Waals surface area contributed by atoms with Gasteiger partial charge in [0, 0.05) is 0 Å². The Labute approximate surface area is 155 Å². The average Bonchev–Trinajstić information content (AvgIpc) is 2.61. The Morgan fingerprint density at radius 1 is 1.20 bits per heavy atom. The SMILES string of the molecule is CC(NC(=O)O/N=C1/CCC[C@@]2(C)CCCC[C@]12Cl)c1ccccc1. The van der Waals surface area contributed by atoms with Crippen molar-refractivity contribution in [3.63, 3.8) is 0 Å². The van der Waals surface area contributed by atoms with E-state index in [1.165, 1.54) is 6.42 Å². The lowest BCUT2D eigenvalue weighted by Gasteiger charge is -2.51. The van der Waals surface area contributed by atoms with Gasteiger partial charge in [0.05, 0.1) is 16.6 Å². The molecule has 1 amide bonds. The second-order valence-electron chi connectivity index (χ2n) is 7.62. The third-order valence-corrected chi connectivity index (χ3v) is 6.79. The molecular formula is C20H27ClN2O2. The first-order valence-electron chi connectivity index (χ1n) is 9.23. The molecule has 0 aromatic heterocycles. The maximum atomic E-state index is 12.1. The highest BCUT2D eigenvalue weighted by molar-refractivity contribution is 6.37. The van der Waals surface area contributed by atoms with Gasteiger partial charge in [0.1, 0.15) is 0 Å². The number of fused-ring (bicyclic) bond motifs is 1. The molecule has 1 N–H and O–H groups in total. The van der Waals surface area contributed by atoms with Crippen molar-refractivity contribution in [1.82, 2.24) is 5.32 Å². The molecule has 0 radical (unpaired) electrons. The van der Waals surface area contributed by atoms with Crippen molar-refractivity contribution in [1.29, 1.82) is 0 Å². The van der Waals surface area contributed by atoms with Gasteiger partial charge in [0.15, 0.2) is 0 Å². The van der Waals surface area contributed by atoms with Crippen molar-refractivity contribution in [3.05, 3.63) is 35.9 Å². The molecule has 0 saturated heterocycles. The molecule has 2 aliphatic carbocycles. The summed E-state index contributed by atoms with van der Waals surface area (Å²) in [6.45, 7) is 4.18. The van der Waals surface area contributed by atoms with Gasteiger partial charge >= 0.3 is 6.09 Å². The lowest BCUT2D eigenvalue weighted by Crippen LogP contribution is -2.53. The van der Waals surface area contributed by atoms with Crippen LogP contribution in [0.4, 0.5) is 4.79 Å². The molecule has 2 saturated carbocycles. The van der Waals surface area contributed by atoms with Gasteiger partial charge in [0.25, 0.3) is 0 Å². The van der Waals surface area contributed by atoms with Gasteiger partial charge in [-0.25, -0.2) is 4.79 Å². The molecule has 1 aromatic carbocycles. The van der Waals surface area contributed by atoms with Crippen LogP contribution in [0.15, 0.2) is 35.5 Å². The summed E-state index contributed by atoms with van der Waals surface area (Å²) in [5.41, 5.74) is 1.92. The van der Waals surface area contributed by atoms with E-state index >= 15 is 0 Å². The molecule has 0 aliphatic heterocycles. The molecule has 2 aliphatic rings. The molecule has 5 heteroatoms. The first-order chi connectivity index (χ1) is 11.9. The van der Waals surface area contributed by atoms with Gasteiger partial charge in [0.2, 0.25) is 0 Å². The number of alkyl halides is 1. The highest BCUT2D eigenvalue weighted by Gasteiger charge is 2.53. The highest BCUT2D eigenvalue weighted by Crippen LogP contribution is 2.55. The van der Waals surface area contributed by atoms with Crippen LogP contribution in [0.3, 0.4) is 0 Å². The van der Waals surface area contributed by atoms with Crippen LogP contribution in [0.2, 0.25) is 0 Å². The molecular weight excluding hydrogens is 336 g/mol. The third-order valence-electron chi connectivity index (χ3n) is 5.93. The summed E-state index contributed by atoms with van der Waals surface area (Å²) < 4.78 is 0. The summed E-state index contributed by atoms with van der Waals surface area (Å²) in [5.74, 6) is 0. The van der Waals surface area contributed by atoms with Crippen LogP contribution in [0.25, 0.3) is 0 Å². The van der Waals surface area contributed by atoms with Crippen LogP contribution >= 0.6 is 11.6 Å². The Balaban J connectivity index is 1.65. The zero-order valence-electron chi connectivity index (χ0n) is 15.1. The van der Waals surface area contributed by atoms with E-state index in [4.69, 9.17) is 16.4 Å². The minimum atomic E-state index is -0.535. The summed E-state index contributed by atoms with van der Waals surface area (Å²) in [4.78, 5) is 16.9. The van der Waals surface area contributed by atoms with E-state index < -0.39 is 11.0 Å². The van der Waals surface area contributed by atoms with Crippen molar-refractivity contribution < 1.29 is 9.63 Å². The number of rotatable bonds is 3. The lowest BCUT2D eigenvalue weighted by molar-refractivity contribution is 0.131. The van der Waals surface area contributed by atoms with Crippen LogP contribution in [0.5, 0.6) is 0 Å². The maximum absolute atomic E-state index is 12.1. The van der Waals surface area contributed by atoms with Gasteiger partial charge in [-0.05, 0) is 50.0 Å². The van der Waals surface area contributed by atoms with Crippen molar-refractivity contribution >= 4 is 23.4 Å². The molecule has 0 spiro atoms. The number of hydrogen-bond acceptors (Lipinski definition) is 3. The third kappa shape index (κ3) is 3.69. The van der Waals surface area contributed by atoms with Crippen LogP contribution < -0.4 is 5.32 Å². The van der Waals surface area contributed by atoms with E-state index in [9.17, 15) is 4.79 Å². The molecule has 2 fully saturated rings. The predicted molar refractivity (Wildman–Crippen MR) is 101 cm³/mol. The number of benzene rings is 1. The van der Waals surface area contributed by atoms with Crippen LogP contribution in [-0.4, -0.2) is 16.7 Å². The largest absolute Gasteiger partial charge is 0.433 e. The Kier molecular flexibility index (Phi) is 5.38. The number of nitrogens with zero attached hydrogens (tertiary/aromatic N) is 1. The minimum absolute atomic E-state index is 0.0566. The monoisotopic (exact) mass is 362 g/mol. The van der Waals surface area contributed by atoms with E-state index in [1.807, 2.05) is 37.3 Å². The number of hydrogen-bond donors (Lipinski definition) is 1. The fourth-order valence-electron chi connectivity index (χ4n) is 4.29. The minimum Gasteiger partial charge on any atom is -0.313 e. The first-order valence-corrected chi connectivity index (χ1v) is 9.61. The molecule has 3 rings (SSSR count). The van der Waals surface area contributed by atoms with E-state index in [0.717, 1.165) is 49.8 Å². The van der Waals surface area contributed by atoms with Crippen molar-refractivity contribution in [2.75, 3.05) is 0 Å². The van der Waals surface area contributed by atoms with Gasteiger partial charge in [-0.2, -0.15) is 0 Å². The fourth-order valence-corrected chi connectivity index (χ4v) is 4.74. The molecule has 3 atom stereocenters. The Morgan fingerprint density at radius 3 is 2.64 bits per heavy atom. The van der Waals surface area contributed by atoms with Crippen LogP contribution in [0.1, 0.15) is 70.4 Å². The van der Waals surface area contributed by atoms with E-state index in [-0.39, 0.29) is 11.5 Å². The van der Waals surface area contributed by atoms with Crippen LogP contribution in [-0.2, 0) is 4.84 Å². The standard InChI is InChI=1S/C20H27ClN2O2/c1-15(16-9-4-3-5-10-16)22-18(24)25-23-17-11-8-13-19(2)12-6-7-14-20(17,19)21/h3-5,9-10,15H,6-8,11-14H2,1-2H3,(H,22,24)/b23-17-/t15?,19-,20+/m1/s1. The van der Waals surface area contributed by atoms with Gasteiger partial charge in [-0.1, -0.05) is 55.3 Å². The zero-order chi connectivity index (χ0) is 17.9. The van der Waals surface area contributed by atoms with E-state index in [1.54, 1.807) is 0 Å². The fraction of sp³-hybridized carbons (Fsp3) is 0.600. The number of oxime groups is 1. The van der Waals surface area contributed by atoms with Crippen molar-refractivity contribution in [2.45, 2.75) is 69.7 Å². The Bertz CT molecular complexity index is 644. The average molecular weight is 363 g/mol. The highest BCUT2D eigenvalue weighted by atomic mass is 35.5. The summed E-state index contributed by atoms with van der Waals surface area (Å²) in [6.07, 6.45) is 6.79. The summed E-state index contributed by atoms with van der Waals surface area (Å²) in [7, 11) is 0. The predicted octanol–water partition coefficient (Wildman–Crippen LogP) is 5.57. The van der Waals surface area contributed by atoms with Gasteiger partial charge in [-0.15, -0.1) is 11.6 Å². The summed E-state index contributed by atoms with van der Waals surface area (Å²) in [6, 6.07) is 9.65. The number of halogens is 1. The van der Waals surface area contributed by atoms with E-state index in [0.29, 0.717) is 0 Å². The van der Waals surface area contributed by atoms with E-state index in [2.05, 4.69) is 17.4 Å². The molecule has 4 nitrogen and oxygen atoms in total. The van der Waals surface area contributed by atoms with Crippen molar-refractivity contribution in [3.8, 4) is 0 Å². The number of carbonyl (C=O) groups excluding carboxylic acids is 1. The number of amides is 1. The van der Waals surface area contributed by atoms with Gasteiger partial charge < -0.3 is 5.32 Å². The molecule has 0 bridgehead atoms. The second-order valence-corrected chi connectivity index (χ2v) is 8.26. The Hall–Kier alpha value is -1.55. The molecule has 1 aromatic rings. The Morgan fingerprint density at radius 2 is 1.88 bits per heavy atom. The first kappa shape index (κ1) is 18.2. The maximum Gasteiger partial charge on any atom is 0.433 e. The molecule has 0 heterocycles. The topological polar surface area (TPSA) is 50.7 Å². The number of carbonyl (C=O) groups is 1. The molecule has 136 valence electrons. The van der Waals surface area contributed by atoms with Crippen LogP contribution in [0, 0.1) is 5.41 Å². The summed E-state index contributed by atoms with van der Waals surface area (Å²) >= 11 is 7.03. The molecule has 1 unspecified atom stereocenters. The summed E-state index contributed by atoms with van der Waals surface area (Å²) in [5, 5.41) is 7.02. The lowest BCUT2D eigenvalue weighted by atomic mass is 9.59. The van der Waals surface area contributed by atoms with Crippen molar-refractivity contribution in [2.24, 2.45) is 10.6 Å². The normalized spacial score (nSPS) is 31.9. The quantitative estimate of drug-likeness (QED) is 0.434. The van der Waals surface area contributed by atoms with Gasteiger partial charge in [-0.3, -0.25) is 4.84 Å². The smallest absolute Gasteiger partial charge is 0.313 e. The number of nitrogens with one attached hydrogen (secondary N) is 1.